The van der Waals surface area contributed by atoms with E-state index >= 15 is 0 Å². The maximum atomic E-state index is 13.5. The lowest BCUT2D eigenvalue weighted by atomic mass is 9.99. The summed E-state index contributed by atoms with van der Waals surface area (Å²) >= 11 is 0. The van der Waals surface area contributed by atoms with E-state index in [9.17, 15) is 40.2 Å². The average Bonchev–Trinajstić information content (AvgIpc) is 2.95. The van der Waals surface area contributed by atoms with Crippen LogP contribution in [0.25, 0.3) is 28.4 Å². The maximum absolute atomic E-state index is 13.5. The highest BCUT2D eigenvalue weighted by Gasteiger charge is 2.46. The Hall–Kier alpha value is -5.04. The van der Waals surface area contributed by atoms with E-state index in [-0.39, 0.29) is 39.5 Å². The standard InChI is InChI=1S/C30H26O12/c1-14-27(41-22(35)11-4-15-2-7-17(31)8-3-15)25(37)26(38)30(39-14)42-29-24(36)23-20(34)12-19(33)13-21(23)40-28(29)16-5-9-18(32)10-6-16/h2-14,25-27,30-34,37-38H,1H3/t14-,25+,26-,27+,30+/m0/s1. The number of fused-ring (bicyclic) bond motifs is 1. The number of aliphatic hydroxyl groups excluding tert-OH is 2. The van der Waals surface area contributed by atoms with Crippen LogP contribution in [0.4, 0.5) is 0 Å². The Morgan fingerprint density at radius 2 is 1.52 bits per heavy atom. The minimum absolute atomic E-state index is 0.0598. The predicted molar refractivity (Wildman–Crippen MR) is 147 cm³/mol. The molecule has 0 aliphatic carbocycles. The summed E-state index contributed by atoms with van der Waals surface area (Å²) in [4.78, 5) is 25.9. The SMILES string of the molecule is C[C@@H]1O[C@H](Oc2c(-c3ccc(O)cc3)oc3cc(O)cc(O)c3c2=O)[C@@H](O)[C@@H](O)[C@@H]1OC(=O)C=Cc1ccc(O)cc1. The van der Waals surface area contributed by atoms with Crippen LogP contribution in [0.2, 0.25) is 0 Å². The molecule has 0 saturated carbocycles. The zero-order chi connectivity index (χ0) is 30.1. The summed E-state index contributed by atoms with van der Waals surface area (Å²) in [6, 6.07) is 13.6. The Morgan fingerprint density at radius 3 is 2.19 bits per heavy atom. The Labute approximate surface area is 237 Å². The number of esters is 1. The third kappa shape index (κ3) is 5.72. The molecule has 12 heteroatoms. The van der Waals surface area contributed by atoms with Crippen LogP contribution in [0.1, 0.15) is 12.5 Å². The molecule has 1 aliphatic rings. The lowest BCUT2D eigenvalue weighted by molar-refractivity contribution is -0.271. The number of hydrogen-bond donors (Lipinski definition) is 6. The molecule has 12 nitrogen and oxygen atoms in total. The molecule has 1 fully saturated rings. The molecule has 5 atom stereocenters. The van der Waals surface area contributed by atoms with Crippen molar-refractivity contribution in [1.29, 1.82) is 0 Å². The molecule has 0 radical (unpaired) electrons. The molecular weight excluding hydrogens is 552 g/mol. The zero-order valence-electron chi connectivity index (χ0n) is 21.9. The van der Waals surface area contributed by atoms with Gasteiger partial charge in [0.15, 0.2) is 11.9 Å². The summed E-state index contributed by atoms with van der Waals surface area (Å²) in [5, 5.41) is 60.7. The fourth-order valence-corrected chi connectivity index (χ4v) is 4.48. The highest BCUT2D eigenvalue weighted by atomic mass is 16.7. The number of hydrogen-bond acceptors (Lipinski definition) is 12. The number of rotatable bonds is 6. The first kappa shape index (κ1) is 28.5. The molecule has 218 valence electrons. The molecule has 1 aliphatic heterocycles. The monoisotopic (exact) mass is 578 g/mol. The summed E-state index contributed by atoms with van der Waals surface area (Å²) in [7, 11) is 0. The molecule has 0 bridgehead atoms. The van der Waals surface area contributed by atoms with Crippen molar-refractivity contribution in [3.63, 3.8) is 0 Å². The van der Waals surface area contributed by atoms with Gasteiger partial charge in [0.25, 0.3) is 0 Å². The number of ether oxygens (including phenoxy) is 3. The number of phenols is 4. The van der Waals surface area contributed by atoms with E-state index in [0.717, 1.165) is 18.2 Å². The molecule has 1 aromatic heterocycles. The van der Waals surface area contributed by atoms with Gasteiger partial charge < -0.3 is 49.3 Å². The van der Waals surface area contributed by atoms with E-state index in [2.05, 4.69) is 0 Å². The number of aliphatic hydroxyl groups is 2. The number of carbonyl (C=O) groups excluding carboxylic acids is 1. The van der Waals surface area contributed by atoms with Gasteiger partial charge in [-0.15, -0.1) is 0 Å². The quantitative estimate of drug-likeness (QED) is 0.145. The Kier molecular flexibility index (Phi) is 7.77. The minimum atomic E-state index is -1.81. The van der Waals surface area contributed by atoms with Crippen molar-refractivity contribution >= 4 is 23.0 Å². The van der Waals surface area contributed by atoms with E-state index < -0.39 is 53.6 Å². The van der Waals surface area contributed by atoms with Gasteiger partial charge in [-0.25, -0.2) is 4.79 Å². The van der Waals surface area contributed by atoms with Crippen LogP contribution in [0.5, 0.6) is 28.7 Å². The van der Waals surface area contributed by atoms with Crippen molar-refractivity contribution in [2.45, 2.75) is 37.6 Å². The fraction of sp³-hybridized carbons (Fsp3) is 0.200. The van der Waals surface area contributed by atoms with Crippen LogP contribution >= 0.6 is 0 Å². The Morgan fingerprint density at radius 1 is 0.881 bits per heavy atom. The van der Waals surface area contributed by atoms with Gasteiger partial charge in [0.1, 0.15) is 46.2 Å². The first-order valence-electron chi connectivity index (χ1n) is 12.7. The van der Waals surface area contributed by atoms with Crippen molar-refractivity contribution in [1.82, 2.24) is 0 Å². The molecule has 6 N–H and O–H groups in total. The molecular formula is C30H26O12. The van der Waals surface area contributed by atoms with Crippen molar-refractivity contribution in [3.05, 3.63) is 82.5 Å². The molecule has 3 aromatic carbocycles. The van der Waals surface area contributed by atoms with Gasteiger partial charge in [-0.3, -0.25) is 4.79 Å². The molecule has 0 spiro atoms. The van der Waals surface area contributed by atoms with E-state index in [0.29, 0.717) is 5.56 Å². The normalized spacial score (nSPS) is 22.3. The first-order chi connectivity index (χ1) is 20.0. The minimum Gasteiger partial charge on any atom is -0.508 e. The number of phenolic OH excluding ortho intramolecular Hbond substituents is 4. The van der Waals surface area contributed by atoms with Gasteiger partial charge in [0.2, 0.25) is 17.5 Å². The first-order valence-corrected chi connectivity index (χ1v) is 12.7. The highest BCUT2D eigenvalue weighted by Crippen LogP contribution is 2.37. The summed E-state index contributed by atoms with van der Waals surface area (Å²) in [5.74, 6) is -2.47. The molecule has 2 heterocycles. The molecule has 42 heavy (non-hydrogen) atoms. The van der Waals surface area contributed by atoms with Gasteiger partial charge >= 0.3 is 5.97 Å². The van der Waals surface area contributed by atoms with Crippen LogP contribution < -0.4 is 10.2 Å². The largest absolute Gasteiger partial charge is 0.508 e. The van der Waals surface area contributed by atoms with Crippen molar-refractivity contribution in [3.8, 4) is 40.1 Å². The molecule has 4 aromatic rings. The molecule has 0 unspecified atom stereocenters. The lowest BCUT2D eigenvalue weighted by Gasteiger charge is -2.40. The van der Waals surface area contributed by atoms with Gasteiger partial charge in [0.05, 0.1) is 6.10 Å². The lowest BCUT2D eigenvalue weighted by Crippen LogP contribution is -2.59. The maximum Gasteiger partial charge on any atom is 0.331 e. The summed E-state index contributed by atoms with van der Waals surface area (Å²) < 4.78 is 22.6. The molecule has 0 amide bonds. The van der Waals surface area contributed by atoms with E-state index in [1.54, 1.807) is 12.1 Å². The molecule has 1 saturated heterocycles. The summed E-state index contributed by atoms with van der Waals surface area (Å²) in [6.07, 6.45) is -4.94. The number of carbonyl (C=O) groups is 1. The third-order valence-electron chi connectivity index (χ3n) is 6.62. The van der Waals surface area contributed by atoms with Crippen LogP contribution in [0.3, 0.4) is 0 Å². The van der Waals surface area contributed by atoms with Crippen LogP contribution in [-0.4, -0.2) is 67.3 Å². The highest BCUT2D eigenvalue weighted by molar-refractivity contribution is 5.88. The van der Waals surface area contributed by atoms with Gasteiger partial charge in [0, 0.05) is 23.8 Å². The third-order valence-corrected chi connectivity index (χ3v) is 6.62. The van der Waals surface area contributed by atoms with Crippen LogP contribution in [0, 0.1) is 0 Å². The second-order valence-corrected chi connectivity index (χ2v) is 9.61. The van der Waals surface area contributed by atoms with E-state index in [4.69, 9.17) is 18.6 Å². The predicted octanol–water partition coefficient (Wildman–Crippen LogP) is 2.75. The number of aromatic hydroxyl groups is 4. The van der Waals surface area contributed by atoms with Crippen LogP contribution in [-0.2, 0) is 14.3 Å². The van der Waals surface area contributed by atoms with Gasteiger partial charge in [-0.1, -0.05) is 12.1 Å². The van der Waals surface area contributed by atoms with Crippen molar-refractivity contribution in [2.75, 3.05) is 0 Å². The van der Waals surface area contributed by atoms with Crippen LogP contribution in [0.15, 0.2) is 76.0 Å². The fourth-order valence-electron chi connectivity index (χ4n) is 4.48. The average molecular weight is 579 g/mol. The van der Waals surface area contributed by atoms with Crippen molar-refractivity contribution < 1.29 is 54.1 Å². The Bertz CT molecular complexity index is 1690. The van der Waals surface area contributed by atoms with Gasteiger partial charge in [-0.05, 0) is 55.0 Å². The summed E-state index contributed by atoms with van der Waals surface area (Å²) in [5.41, 5.74) is -0.177. The second-order valence-electron chi connectivity index (χ2n) is 9.61. The zero-order valence-corrected chi connectivity index (χ0v) is 21.9. The number of benzene rings is 3. The smallest absolute Gasteiger partial charge is 0.331 e. The van der Waals surface area contributed by atoms with Crippen molar-refractivity contribution in [2.24, 2.45) is 0 Å². The topological polar surface area (TPSA) is 196 Å². The second kappa shape index (κ2) is 11.4. The van der Waals surface area contributed by atoms with E-state index in [1.807, 2.05) is 0 Å². The summed E-state index contributed by atoms with van der Waals surface area (Å²) in [6.45, 7) is 1.46. The molecule has 5 rings (SSSR count). The Balaban J connectivity index is 1.42. The van der Waals surface area contributed by atoms with Gasteiger partial charge in [-0.2, -0.15) is 0 Å². The van der Waals surface area contributed by atoms with E-state index in [1.165, 1.54) is 49.4 Å².